The summed E-state index contributed by atoms with van der Waals surface area (Å²) < 4.78 is 45.6. The Balaban J connectivity index is 1.49. The van der Waals surface area contributed by atoms with Gasteiger partial charge in [0.05, 0.1) is 23.6 Å². The summed E-state index contributed by atoms with van der Waals surface area (Å²) in [6.45, 7) is 9.30. The predicted octanol–water partition coefficient (Wildman–Crippen LogP) is 4.54. The molecule has 10 heteroatoms. The summed E-state index contributed by atoms with van der Waals surface area (Å²) in [6, 6.07) is 10.4. The summed E-state index contributed by atoms with van der Waals surface area (Å²) in [6.07, 6.45) is 6.77. The van der Waals surface area contributed by atoms with E-state index in [1.165, 1.54) is 18.3 Å². The molecule has 0 radical (unpaired) electrons. The van der Waals surface area contributed by atoms with Gasteiger partial charge in [0, 0.05) is 43.8 Å². The lowest BCUT2D eigenvalue weighted by molar-refractivity contribution is 0.118. The van der Waals surface area contributed by atoms with E-state index in [1.54, 1.807) is 32.0 Å². The van der Waals surface area contributed by atoms with Gasteiger partial charge in [-0.15, -0.1) is 0 Å². The molecule has 0 N–H and O–H groups in total. The maximum absolute atomic E-state index is 13.5. The van der Waals surface area contributed by atoms with E-state index in [1.807, 2.05) is 13.1 Å². The second-order valence-electron chi connectivity index (χ2n) is 9.65. The first-order valence-corrected chi connectivity index (χ1v) is 14.3. The van der Waals surface area contributed by atoms with Gasteiger partial charge in [-0.3, -0.25) is 9.58 Å². The van der Waals surface area contributed by atoms with E-state index in [2.05, 4.69) is 41.1 Å². The van der Waals surface area contributed by atoms with Crippen LogP contribution in [0.1, 0.15) is 43.9 Å². The monoisotopic (exact) mass is 524 g/mol. The molecule has 1 atom stereocenters. The van der Waals surface area contributed by atoms with Crippen LogP contribution in [0.4, 0.5) is 4.39 Å². The van der Waals surface area contributed by atoms with E-state index in [-0.39, 0.29) is 16.8 Å². The molecule has 196 valence electrons. The number of piperazine rings is 1. The molecule has 0 amide bonds. The van der Waals surface area contributed by atoms with Crippen molar-refractivity contribution in [2.45, 2.75) is 51.1 Å². The van der Waals surface area contributed by atoms with Gasteiger partial charge in [-0.2, -0.15) is 14.5 Å². The third kappa shape index (κ3) is 4.93. The van der Waals surface area contributed by atoms with Crippen LogP contribution in [0.25, 0.3) is 16.6 Å². The quantitative estimate of drug-likeness (QED) is 0.338. The van der Waals surface area contributed by atoms with E-state index in [0.717, 1.165) is 47.1 Å². The van der Waals surface area contributed by atoms with Crippen LogP contribution in [0.5, 0.6) is 0 Å². The minimum absolute atomic E-state index is 0.0762. The van der Waals surface area contributed by atoms with Crippen molar-refractivity contribution in [2.24, 2.45) is 0 Å². The third-order valence-electron chi connectivity index (χ3n) is 7.05. The zero-order valence-electron chi connectivity index (χ0n) is 21.5. The molecule has 5 rings (SSSR count). The molecule has 37 heavy (non-hydrogen) atoms. The lowest BCUT2D eigenvalue weighted by Gasteiger charge is -2.41. The third-order valence-corrected chi connectivity index (χ3v) is 8.87. The highest BCUT2D eigenvalue weighted by Crippen LogP contribution is 2.33. The Hall–Kier alpha value is -3.08. The molecule has 1 aliphatic rings. The fourth-order valence-electron chi connectivity index (χ4n) is 5.18. The van der Waals surface area contributed by atoms with Crippen molar-refractivity contribution in [3.8, 4) is 5.69 Å². The Morgan fingerprint density at radius 3 is 2.49 bits per heavy atom. The normalized spacial score (nSPS) is 17.6. The summed E-state index contributed by atoms with van der Waals surface area (Å²) in [5.74, 6) is -0.288. The Morgan fingerprint density at radius 1 is 1.00 bits per heavy atom. The molecule has 0 aliphatic carbocycles. The SMILES string of the molecule is CCCN1CCN(S(=O)(=O)c2cnn(CCC)c2)C[C@@H]1c1cc2cnn(-c3ccc(F)cc3)c2cc1C. The second kappa shape index (κ2) is 10.4. The van der Waals surface area contributed by atoms with Gasteiger partial charge < -0.3 is 0 Å². The van der Waals surface area contributed by atoms with Crippen LogP contribution in [-0.4, -0.2) is 63.4 Å². The maximum atomic E-state index is 13.5. The van der Waals surface area contributed by atoms with E-state index in [0.29, 0.717) is 26.2 Å². The van der Waals surface area contributed by atoms with Crippen LogP contribution in [0, 0.1) is 12.7 Å². The first-order valence-electron chi connectivity index (χ1n) is 12.8. The molecule has 1 fully saturated rings. The van der Waals surface area contributed by atoms with Gasteiger partial charge in [0.15, 0.2) is 0 Å². The predicted molar refractivity (Wildman–Crippen MR) is 142 cm³/mol. The van der Waals surface area contributed by atoms with Crippen molar-refractivity contribution in [3.63, 3.8) is 0 Å². The molecule has 0 spiro atoms. The molecule has 1 aliphatic heterocycles. The molecule has 8 nitrogen and oxygen atoms in total. The number of hydrogen-bond donors (Lipinski definition) is 0. The zero-order chi connectivity index (χ0) is 26.2. The Bertz CT molecular complexity index is 1500. The second-order valence-corrected chi connectivity index (χ2v) is 11.6. The topological polar surface area (TPSA) is 76.3 Å². The van der Waals surface area contributed by atoms with Crippen molar-refractivity contribution in [1.82, 2.24) is 28.8 Å². The van der Waals surface area contributed by atoms with E-state index < -0.39 is 10.0 Å². The average Bonchev–Trinajstić information content (AvgIpc) is 3.52. The number of sulfonamides is 1. The zero-order valence-corrected chi connectivity index (χ0v) is 22.3. The first-order chi connectivity index (χ1) is 17.8. The van der Waals surface area contributed by atoms with Gasteiger partial charge in [-0.25, -0.2) is 17.5 Å². The van der Waals surface area contributed by atoms with Crippen molar-refractivity contribution < 1.29 is 12.8 Å². The van der Waals surface area contributed by atoms with Gasteiger partial charge in [0.1, 0.15) is 10.7 Å². The standard InChI is InChI=1S/C27H33FN6O2S/c1-4-10-31-12-13-33(37(35,36)24-17-29-32(18-24)11-5-2)19-27(31)25-15-21-16-30-34(26(21)14-20(25)3)23-8-6-22(28)7-9-23/h6-9,14-18,27H,4-5,10-13,19H2,1-3H3/t27-/m1/s1. The van der Waals surface area contributed by atoms with Crippen molar-refractivity contribution in [3.05, 3.63) is 71.9 Å². The number of aryl methyl sites for hydroxylation is 2. The fraction of sp³-hybridized carbons (Fsp3) is 0.407. The van der Waals surface area contributed by atoms with Gasteiger partial charge in [0.2, 0.25) is 10.0 Å². The Labute approximate surface area is 217 Å². The lowest BCUT2D eigenvalue weighted by atomic mass is 9.96. The van der Waals surface area contributed by atoms with Crippen LogP contribution in [0.15, 0.2) is 59.9 Å². The lowest BCUT2D eigenvalue weighted by Crippen LogP contribution is -2.50. The van der Waals surface area contributed by atoms with Crippen LogP contribution < -0.4 is 0 Å². The van der Waals surface area contributed by atoms with Gasteiger partial charge in [-0.05, 0) is 73.8 Å². The summed E-state index contributed by atoms with van der Waals surface area (Å²) in [4.78, 5) is 2.63. The van der Waals surface area contributed by atoms with E-state index in [4.69, 9.17) is 0 Å². The van der Waals surface area contributed by atoms with Gasteiger partial charge in [0.25, 0.3) is 0 Å². The van der Waals surface area contributed by atoms with Crippen LogP contribution in [-0.2, 0) is 16.6 Å². The molecule has 4 aromatic rings. The molecule has 2 aromatic carbocycles. The molecule has 0 saturated carbocycles. The Morgan fingerprint density at radius 2 is 1.76 bits per heavy atom. The van der Waals surface area contributed by atoms with Crippen molar-refractivity contribution >= 4 is 20.9 Å². The summed E-state index contributed by atoms with van der Waals surface area (Å²) in [5, 5.41) is 9.75. The van der Waals surface area contributed by atoms with Crippen LogP contribution in [0.2, 0.25) is 0 Å². The molecule has 0 bridgehead atoms. The average molecular weight is 525 g/mol. The minimum Gasteiger partial charge on any atom is -0.294 e. The molecular weight excluding hydrogens is 491 g/mol. The smallest absolute Gasteiger partial charge is 0.246 e. The highest BCUT2D eigenvalue weighted by atomic mass is 32.2. The van der Waals surface area contributed by atoms with Gasteiger partial charge >= 0.3 is 0 Å². The number of rotatable bonds is 8. The summed E-state index contributed by atoms with van der Waals surface area (Å²) in [7, 11) is -3.65. The van der Waals surface area contributed by atoms with Gasteiger partial charge in [-0.1, -0.05) is 13.8 Å². The number of aromatic nitrogens is 4. The number of benzene rings is 2. The molecular formula is C27H33FN6O2S. The highest BCUT2D eigenvalue weighted by molar-refractivity contribution is 7.89. The summed E-state index contributed by atoms with van der Waals surface area (Å²) >= 11 is 0. The molecule has 3 heterocycles. The largest absolute Gasteiger partial charge is 0.294 e. The van der Waals surface area contributed by atoms with Crippen molar-refractivity contribution in [2.75, 3.05) is 26.2 Å². The molecule has 2 aromatic heterocycles. The highest BCUT2D eigenvalue weighted by Gasteiger charge is 2.36. The maximum Gasteiger partial charge on any atom is 0.246 e. The minimum atomic E-state index is -3.65. The van der Waals surface area contributed by atoms with Crippen LogP contribution >= 0.6 is 0 Å². The first kappa shape index (κ1) is 25.6. The van der Waals surface area contributed by atoms with E-state index >= 15 is 0 Å². The van der Waals surface area contributed by atoms with Crippen molar-refractivity contribution in [1.29, 1.82) is 0 Å². The molecule has 1 saturated heterocycles. The fourth-order valence-corrected chi connectivity index (χ4v) is 6.58. The van der Waals surface area contributed by atoms with Crippen LogP contribution in [0.3, 0.4) is 0 Å². The summed E-state index contributed by atoms with van der Waals surface area (Å²) in [5.41, 5.74) is 3.88. The number of halogens is 1. The number of nitrogens with zero attached hydrogens (tertiary/aromatic N) is 6. The number of fused-ring (bicyclic) bond motifs is 1. The van der Waals surface area contributed by atoms with E-state index in [9.17, 15) is 12.8 Å². The number of hydrogen-bond acceptors (Lipinski definition) is 5. The Kier molecular flexibility index (Phi) is 7.15. The molecule has 0 unspecified atom stereocenters.